The second-order valence-electron chi connectivity index (χ2n) is 6.49. The van der Waals surface area contributed by atoms with E-state index in [1.807, 2.05) is 32.2 Å². The number of aromatic nitrogens is 2. The molecular formula is C20H26BrN3OS. The lowest BCUT2D eigenvalue weighted by atomic mass is 10.0. The average Bonchev–Trinajstić information content (AvgIpc) is 2.60. The zero-order valence-corrected chi connectivity index (χ0v) is 18.2. The fourth-order valence-corrected chi connectivity index (χ4v) is 3.57. The summed E-state index contributed by atoms with van der Waals surface area (Å²) in [6.07, 6.45) is 4.99. The number of aryl methyl sites for hydroxylation is 3. The topological polar surface area (TPSA) is 54.9 Å². The van der Waals surface area contributed by atoms with Crippen LogP contribution in [-0.2, 0) is 17.6 Å². The smallest absolute Gasteiger partial charge is 0.220 e. The van der Waals surface area contributed by atoms with Crippen LogP contribution in [0.2, 0.25) is 0 Å². The Morgan fingerprint density at radius 1 is 1.15 bits per heavy atom. The molecule has 0 fully saturated rings. The standard InChI is InChI=1S/C20H26BrN3OS/c1-13(5-6-16-7-9-17(21)10-8-16)22-19(25)12-11-18-14(2)23-20(26-4)24-15(18)3/h7-10,13H,5-6,11-12H2,1-4H3,(H,22,25). The van der Waals surface area contributed by atoms with Gasteiger partial charge < -0.3 is 5.32 Å². The molecule has 0 bridgehead atoms. The van der Waals surface area contributed by atoms with E-state index in [-0.39, 0.29) is 11.9 Å². The molecule has 0 aliphatic carbocycles. The Morgan fingerprint density at radius 2 is 1.77 bits per heavy atom. The third-order valence-corrected chi connectivity index (χ3v) is 5.45. The first-order chi connectivity index (χ1) is 12.4. The minimum absolute atomic E-state index is 0.0843. The molecule has 0 saturated carbocycles. The predicted molar refractivity (Wildman–Crippen MR) is 112 cm³/mol. The summed E-state index contributed by atoms with van der Waals surface area (Å²) < 4.78 is 1.09. The first-order valence-corrected chi connectivity index (χ1v) is 10.8. The van der Waals surface area contributed by atoms with E-state index in [1.165, 1.54) is 17.3 Å². The van der Waals surface area contributed by atoms with Gasteiger partial charge in [-0.05, 0) is 69.5 Å². The van der Waals surface area contributed by atoms with Gasteiger partial charge in [0, 0.05) is 28.3 Å². The normalized spacial score (nSPS) is 12.0. The van der Waals surface area contributed by atoms with Crippen LogP contribution in [0.3, 0.4) is 0 Å². The van der Waals surface area contributed by atoms with Gasteiger partial charge in [-0.25, -0.2) is 9.97 Å². The van der Waals surface area contributed by atoms with Crippen molar-refractivity contribution < 1.29 is 4.79 Å². The summed E-state index contributed by atoms with van der Waals surface area (Å²) >= 11 is 4.98. The molecule has 1 N–H and O–H groups in total. The lowest BCUT2D eigenvalue weighted by Crippen LogP contribution is -2.33. The zero-order chi connectivity index (χ0) is 19.1. The lowest BCUT2D eigenvalue weighted by Gasteiger charge is -2.15. The molecule has 1 atom stereocenters. The molecule has 4 nitrogen and oxygen atoms in total. The highest BCUT2D eigenvalue weighted by Gasteiger charge is 2.12. The van der Waals surface area contributed by atoms with Crippen molar-refractivity contribution in [3.8, 4) is 0 Å². The Kier molecular flexibility index (Phi) is 8.10. The predicted octanol–water partition coefficient (Wildman–Crippen LogP) is 4.65. The SMILES string of the molecule is CSc1nc(C)c(CCC(=O)NC(C)CCc2ccc(Br)cc2)c(C)n1. The molecule has 2 rings (SSSR count). The Bertz CT molecular complexity index is 726. The monoisotopic (exact) mass is 435 g/mol. The van der Waals surface area contributed by atoms with Crippen LogP contribution in [0.15, 0.2) is 33.9 Å². The first kappa shape index (κ1) is 20.9. The van der Waals surface area contributed by atoms with E-state index in [1.54, 1.807) is 0 Å². The molecule has 26 heavy (non-hydrogen) atoms. The van der Waals surface area contributed by atoms with Gasteiger partial charge in [-0.15, -0.1) is 0 Å². The largest absolute Gasteiger partial charge is 0.354 e. The highest BCUT2D eigenvalue weighted by molar-refractivity contribution is 9.10. The maximum atomic E-state index is 12.3. The average molecular weight is 436 g/mol. The van der Waals surface area contributed by atoms with Crippen molar-refractivity contribution >= 4 is 33.6 Å². The van der Waals surface area contributed by atoms with Crippen LogP contribution < -0.4 is 5.32 Å². The molecule has 1 amide bonds. The molecule has 0 aliphatic rings. The molecule has 2 aromatic rings. The van der Waals surface area contributed by atoms with Crippen LogP contribution >= 0.6 is 27.7 Å². The molecule has 0 radical (unpaired) electrons. The van der Waals surface area contributed by atoms with E-state index >= 15 is 0 Å². The maximum absolute atomic E-state index is 12.3. The number of nitrogens with one attached hydrogen (secondary N) is 1. The van der Waals surface area contributed by atoms with Crippen molar-refractivity contribution in [1.82, 2.24) is 15.3 Å². The zero-order valence-electron chi connectivity index (χ0n) is 15.8. The molecule has 6 heteroatoms. The minimum atomic E-state index is 0.0843. The first-order valence-electron chi connectivity index (χ1n) is 8.81. The van der Waals surface area contributed by atoms with Crippen LogP contribution in [0.5, 0.6) is 0 Å². The Labute approximate surface area is 168 Å². The van der Waals surface area contributed by atoms with E-state index in [0.29, 0.717) is 12.8 Å². The van der Waals surface area contributed by atoms with Gasteiger partial charge in [-0.3, -0.25) is 4.79 Å². The Morgan fingerprint density at radius 3 is 2.35 bits per heavy atom. The van der Waals surface area contributed by atoms with Gasteiger partial charge in [0.1, 0.15) is 0 Å². The van der Waals surface area contributed by atoms with Crippen molar-refractivity contribution in [1.29, 1.82) is 0 Å². The fourth-order valence-electron chi connectivity index (χ4n) is 2.85. The molecule has 1 aromatic heterocycles. The van der Waals surface area contributed by atoms with Gasteiger partial charge >= 0.3 is 0 Å². The quantitative estimate of drug-likeness (QED) is 0.484. The van der Waals surface area contributed by atoms with Crippen LogP contribution in [-0.4, -0.2) is 28.2 Å². The van der Waals surface area contributed by atoms with Gasteiger partial charge in [0.25, 0.3) is 0 Å². The van der Waals surface area contributed by atoms with Crippen molar-refractivity contribution in [2.75, 3.05) is 6.26 Å². The summed E-state index contributed by atoms with van der Waals surface area (Å²) in [5.41, 5.74) is 4.31. The number of hydrogen-bond donors (Lipinski definition) is 1. The number of halogens is 1. The number of carbonyl (C=O) groups is 1. The summed E-state index contributed by atoms with van der Waals surface area (Å²) in [6, 6.07) is 8.48. The summed E-state index contributed by atoms with van der Waals surface area (Å²) in [5, 5.41) is 3.89. The number of hydrogen-bond acceptors (Lipinski definition) is 4. The van der Waals surface area contributed by atoms with Crippen LogP contribution in [0.1, 0.15) is 42.3 Å². The fraction of sp³-hybridized carbons (Fsp3) is 0.450. The summed E-state index contributed by atoms with van der Waals surface area (Å²) in [7, 11) is 0. The highest BCUT2D eigenvalue weighted by Crippen LogP contribution is 2.17. The van der Waals surface area contributed by atoms with Crippen molar-refractivity contribution in [3.05, 3.63) is 51.3 Å². The van der Waals surface area contributed by atoms with Crippen molar-refractivity contribution in [2.45, 2.75) is 57.7 Å². The van der Waals surface area contributed by atoms with Gasteiger partial charge in [0.2, 0.25) is 5.91 Å². The number of carbonyl (C=O) groups excluding carboxylic acids is 1. The molecular weight excluding hydrogens is 410 g/mol. The van der Waals surface area contributed by atoms with E-state index < -0.39 is 0 Å². The van der Waals surface area contributed by atoms with Gasteiger partial charge in [-0.1, -0.05) is 39.8 Å². The third-order valence-electron chi connectivity index (χ3n) is 4.37. The van der Waals surface area contributed by atoms with Gasteiger partial charge in [-0.2, -0.15) is 0 Å². The minimum Gasteiger partial charge on any atom is -0.354 e. The van der Waals surface area contributed by atoms with E-state index in [2.05, 4.69) is 50.3 Å². The molecule has 1 unspecified atom stereocenters. The summed E-state index contributed by atoms with van der Waals surface area (Å²) in [5.74, 6) is 0.0843. The molecule has 0 spiro atoms. The molecule has 1 heterocycles. The maximum Gasteiger partial charge on any atom is 0.220 e. The van der Waals surface area contributed by atoms with Crippen LogP contribution in [0, 0.1) is 13.8 Å². The number of amides is 1. The van der Waals surface area contributed by atoms with Crippen molar-refractivity contribution in [2.24, 2.45) is 0 Å². The van der Waals surface area contributed by atoms with E-state index in [0.717, 1.165) is 39.4 Å². The highest BCUT2D eigenvalue weighted by atomic mass is 79.9. The lowest BCUT2D eigenvalue weighted by molar-refractivity contribution is -0.121. The van der Waals surface area contributed by atoms with Crippen molar-refractivity contribution in [3.63, 3.8) is 0 Å². The second-order valence-corrected chi connectivity index (χ2v) is 8.18. The Balaban J connectivity index is 1.80. The molecule has 0 saturated heterocycles. The Hall–Kier alpha value is -1.40. The van der Waals surface area contributed by atoms with Gasteiger partial charge in [0.15, 0.2) is 5.16 Å². The summed E-state index contributed by atoms with van der Waals surface area (Å²) in [4.78, 5) is 21.2. The number of rotatable bonds is 8. The number of thioether (sulfide) groups is 1. The third kappa shape index (κ3) is 6.40. The molecule has 0 aliphatic heterocycles. The van der Waals surface area contributed by atoms with E-state index in [4.69, 9.17) is 0 Å². The van der Waals surface area contributed by atoms with Gasteiger partial charge in [0.05, 0.1) is 0 Å². The molecule has 1 aromatic carbocycles. The summed E-state index contributed by atoms with van der Waals surface area (Å²) in [6.45, 7) is 6.04. The number of nitrogens with zero attached hydrogens (tertiary/aromatic N) is 2. The van der Waals surface area contributed by atoms with E-state index in [9.17, 15) is 4.79 Å². The number of benzene rings is 1. The van der Waals surface area contributed by atoms with Crippen LogP contribution in [0.25, 0.3) is 0 Å². The molecule has 140 valence electrons. The second kappa shape index (κ2) is 10.1. The van der Waals surface area contributed by atoms with Crippen LogP contribution in [0.4, 0.5) is 0 Å².